The molecule has 78 valence electrons. The standard InChI is InChI=1S/C10H17N3O/c11-4-3-9-6-13(8-12-9)7-10-2-1-5-14-10/h6,8,10H,1-5,7,11H2. The zero-order chi connectivity index (χ0) is 9.80. The van der Waals surface area contributed by atoms with Gasteiger partial charge >= 0.3 is 0 Å². The van der Waals surface area contributed by atoms with Gasteiger partial charge in [-0.15, -0.1) is 0 Å². The van der Waals surface area contributed by atoms with Crippen LogP contribution in [0, 0.1) is 0 Å². The summed E-state index contributed by atoms with van der Waals surface area (Å²) in [5, 5.41) is 0. The molecule has 0 radical (unpaired) electrons. The summed E-state index contributed by atoms with van der Waals surface area (Å²) in [5.41, 5.74) is 6.53. The van der Waals surface area contributed by atoms with Crippen LogP contribution in [0.3, 0.4) is 0 Å². The van der Waals surface area contributed by atoms with Crippen LogP contribution in [0.25, 0.3) is 0 Å². The Morgan fingerprint density at radius 1 is 1.64 bits per heavy atom. The molecule has 1 aliphatic heterocycles. The summed E-state index contributed by atoms with van der Waals surface area (Å²) in [7, 11) is 0. The Morgan fingerprint density at radius 3 is 3.29 bits per heavy atom. The van der Waals surface area contributed by atoms with Crippen molar-refractivity contribution in [3.05, 3.63) is 18.2 Å². The fourth-order valence-electron chi connectivity index (χ4n) is 1.81. The van der Waals surface area contributed by atoms with Gasteiger partial charge < -0.3 is 15.0 Å². The maximum atomic E-state index is 5.55. The van der Waals surface area contributed by atoms with Gasteiger partial charge in [0.1, 0.15) is 0 Å². The predicted octanol–water partition coefficient (Wildman–Crippen LogP) is 0.563. The molecule has 2 heterocycles. The van der Waals surface area contributed by atoms with E-state index in [1.54, 1.807) is 0 Å². The monoisotopic (exact) mass is 195 g/mol. The Balaban J connectivity index is 1.88. The number of nitrogens with two attached hydrogens (primary N) is 1. The van der Waals surface area contributed by atoms with Gasteiger partial charge in [0, 0.05) is 25.8 Å². The Hall–Kier alpha value is -0.870. The van der Waals surface area contributed by atoms with Crippen molar-refractivity contribution in [2.75, 3.05) is 13.2 Å². The summed E-state index contributed by atoms with van der Waals surface area (Å²) in [6.45, 7) is 2.50. The first-order valence-corrected chi connectivity index (χ1v) is 5.21. The first-order valence-electron chi connectivity index (χ1n) is 5.21. The third kappa shape index (κ3) is 2.33. The van der Waals surface area contributed by atoms with Crippen LogP contribution in [0.2, 0.25) is 0 Å². The molecular weight excluding hydrogens is 178 g/mol. The molecule has 2 rings (SSSR count). The highest BCUT2D eigenvalue weighted by Crippen LogP contribution is 2.14. The molecule has 1 aromatic rings. The van der Waals surface area contributed by atoms with Gasteiger partial charge in [0.25, 0.3) is 0 Å². The van der Waals surface area contributed by atoms with Gasteiger partial charge in [-0.3, -0.25) is 0 Å². The normalized spacial score (nSPS) is 21.6. The average Bonchev–Trinajstić information content (AvgIpc) is 2.79. The molecule has 0 spiro atoms. The molecule has 0 aromatic carbocycles. The number of aromatic nitrogens is 2. The van der Waals surface area contributed by atoms with Crippen molar-refractivity contribution < 1.29 is 4.74 Å². The lowest BCUT2D eigenvalue weighted by Gasteiger charge is -2.08. The molecule has 14 heavy (non-hydrogen) atoms. The molecule has 0 bridgehead atoms. The number of nitrogens with zero attached hydrogens (tertiary/aromatic N) is 2. The minimum atomic E-state index is 0.384. The molecule has 1 unspecified atom stereocenters. The zero-order valence-electron chi connectivity index (χ0n) is 8.35. The largest absolute Gasteiger partial charge is 0.376 e. The average molecular weight is 195 g/mol. The molecule has 1 aliphatic rings. The molecule has 2 N–H and O–H groups in total. The lowest BCUT2D eigenvalue weighted by Crippen LogP contribution is -2.13. The molecule has 1 aromatic heterocycles. The van der Waals surface area contributed by atoms with Crippen molar-refractivity contribution in [3.8, 4) is 0 Å². The zero-order valence-corrected chi connectivity index (χ0v) is 8.35. The van der Waals surface area contributed by atoms with Crippen molar-refractivity contribution in [2.24, 2.45) is 5.73 Å². The van der Waals surface area contributed by atoms with Crippen molar-refractivity contribution >= 4 is 0 Å². The number of rotatable bonds is 4. The van der Waals surface area contributed by atoms with E-state index >= 15 is 0 Å². The highest BCUT2D eigenvalue weighted by molar-refractivity contribution is 4.97. The second-order valence-corrected chi connectivity index (χ2v) is 3.74. The smallest absolute Gasteiger partial charge is 0.0950 e. The first-order chi connectivity index (χ1) is 6.88. The van der Waals surface area contributed by atoms with Crippen molar-refractivity contribution in [3.63, 3.8) is 0 Å². The molecule has 1 atom stereocenters. The summed E-state index contributed by atoms with van der Waals surface area (Å²) < 4.78 is 7.65. The molecular formula is C10H17N3O. The van der Waals surface area contributed by atoms with E-state index in [0.717, 1.165) is 25.3 Å². The molecule has 4 heteroatoms. The SMILES string of the molecule is NCCc1cn(CC2CCCO2)cn1. The molecule has 0 aliphatic carbocycles. The van der Waals surface area contributed by atoms with E-state index in [-0.39, 0.29) is 0 Å². The van der Waals surface area contributed by atoms with Gasteiger partial charge in [0.05, 0.1) is 18.1 Å². The fraction of sp³-hybridized carbons (Fsp3) is 0.700. The summed E-state index contributed by atoms with van der Waals surface area (Å²) in [6.07, 6.45) is 7.54. The Bertz CT molecular complexity index is 279. The molecule has 1 saturated heterocycles. The van der Waals surface area contributed by atoms with Crippen LogP contribution in [0.5, 0.6) is 0 Å². The third-order valence-electron chi connectivity index (χ3n) is 2.53. The summed E-state index contributed by atoms with van der Waals surface area (Å²) in [4.78, 5) is 4.28. The Kier molecular flexibility index (Phi) is 3.16. The molecule has 0 saturated carbocycles. The van der Waals surface area contributed by atoms with Crippen molar-refractivity contribution in [1.29, 1.82) is 0 Å². The van der Waals surface area contributed by atoms with Gasteiger partial charge in [-0.05, 0) is 19.4 Å². The predicted molar refractivity (Wildman–Crippen MR) is 54.0 cm³/mol. The van der Waals surface area contributed by atoms with Crippen LogP contribution in [-0.2, 0) is 17.7 Å². The van der Waals surface area contributed by atoms with Gasteiger partial charge in [0.2, 0.25) is 0 Å². The number of hydrogen-bond acceptors (Lipinski definition) is 3. The van der Waals surface area contributed by atoms with E-state index in [4.69, 9.17) is 10.5 Å². The first kappa shape index (κ1) is 9.68. The summed E-state index contributed by atoms with van der Waals surface area (Å²) in [6, 6.07) is 0. The van der Waals surface area contributed by atoms with E-state index in [1.165, 1.54) is 12.8 Å². The van der Waals surface area contributed by atoms with E-state index in [9.17, 15) is 0 Å². The quantitative estimate of drug-likeness (QED) is 0.764. The van der Waals surface area contributed by atoms with Gasteiger partial charge in [-0.1, -0.05) is 0 Å². The van der Waals surface area contributed by atoms with Gasteiger partial charge in [-0.25, -0.2) is 4.98 Å². The van der Waals surface area contributed by atoms with E-state index in [0.29, 0.717) is 12.6 Å². The van der Waals surface area contributed by atoms with Crippen molar-refractivity contribution in [1.82, 2.24) is 9.55 Å². The number of hydrogen-bond donors (Lipinski definition) is 1. The molecule has 0 amide bonds. The summed E-state index contributed by atoms with van der Waals surface area (Å²) in [5.74, 6) is 0. The second kappa shape index (κ2) is 4.57. The number of ether oxygens (including phenoxy) is 1. The lowest BCUT2D eigenvalue weighted by molar-refractivity contribution is 0.0970. The Labute approximate surface area is 84.1 Å². The van der Waals surface area contributed by atoms with Crippen LogP contribution in [0.15, 0.2) is 12.5 Å². The van der Waals surface area contributed by atoms with Crippen LogP contribution >= 0.6 is 0 Å². The van der Waals surface area contributed by atoms with Crippen LogP contribution in [-0.4, -0.2) is 28.8 Å². The lowest BCUT2D eigenvalue weighted by atomic mass is 10.2. The fourth-order valence-corrected chi connectivity index (χ4v) is 1.81. The Morgan fingerprint density at radius 2 is 2.57 bits per heavy atom. The van der Waals surface area contributed by atoms with Crippen LogP contribution in [0.1, 0.15) is 18.5 Å². The second-order valence-electron chi connectivity index (χ2n) is 3.74. The minimum Gasteiger partial charge on any atom is -0.376 e. The minimum absolute atomic E-state index is 0.384. The highest BCUT2D eigenvalue weighted by atomic mass is 16.5. The topological polar surface area (TPSA) is 53.1 Å². The van der Waals surface area contributed by atoms with Gasteiger partial charge in [0.15, 0.2) is 0 Å². The summed E-state index contributed by atoms with van der Waals surface area (Å²) >= 11 is 0. The van der Waals surface area contributed by atoms with Crippen LogP contribution in [0.4, 0.5) is 0 Å². The molecule has 1 fully saturated rings. The molecule has 4 nitrogen and oxygen atoms in total. The van der Waals surface area contributed by atoms with Crippen LogP contribution < -0.4 is 5.73 Å². The maximum Gasteiger partial charge on any atom is 0.0950 e. The number of imidazole rings is 1. The maximum absolute atomic E-state index is 5.55. The highest BCUT2D eigenvalue weighted by Gasteiger charge is 2.15. The van der Waals surface area contributed by atoms with Crippen molar-refractivity contribution in [2.45, 2.75) is 31.9 Å². The van der Waals surface area contributed by atoms with E-state index in [1.807, 2.05) is 6.33 Å². The van der Waals surface area contributed by atoms with E-state index in [2.05, 4.69) is 15.7 Å². The van der Waals surface area contributed by atoms with Gasteiger partial charge in [-0.2, -0.15) is 0 Å². The third-order valence-corrected chi connectivity index (χ3v) is 2.53. The van der Waals surface area contributed by atoms with E-state index < -0.39 is 0 Å².